The van der Waals surface area contributed by atoms with Gasteiger partial charge in [0.2, 0.25) is 15.7 Å². The first kappa shape index (κ1) is 31.7. The molecule has 3 amide bonds. The summed E-state index contributed by atoms with van der Waals surface area (Å²) in [6.07, 6.45) is 1.36. The SMILES string of the molecule is CON(C)C(=O)CC1(n2cc(C(N)=O)c(Nc3ccc(S(=O)(=O)C(F)F)cc3)n2)CCN(C(=O)OC(C)(C)C)CC1. The monoisotopic (exact) mass is 600 g/mol. The van der Waals surface area contributed by atoms with Crippen molar-refractivity contribution in [3.63, 3.8) is 0 Å². The van der Waals surface area contributed by atoms with Gasteiger partial charge in [-0.25, -0.2) is 18.3 Å². The number of aromatic nitrogens is 2. The molecule has 3 rings (SSSR count). The van der Waals surface area contributed by atoms with Gasteiger partial charge in [-0.1, -0.05) is 0 Å². The molecule has 0 atom stereocenters. The van der Waals surface area contributed by atoms with E-state index in [1.165, 1.54) is 42.1 Å². The molecule has 13 nitrogen and oxygen atoms in total. The number of sulfone groups is 1. The number of anilines is 2. The van der Waals surface area contributed by atoms with Gasteiger partial charge in [0.05, 0.1) is 24.0 Å². The number of piperidine rings is 1. The number of nitrogens with zero attached hydrogens (tertiary/aromatic N) is 4. The van der Waals surface area contributed by atoms with Gasteiger partial charge in [-0.3, -0.25) is 19.1 Å². The third-order valence-corrected chi connectivity index (χ3v) is 8.00. The van der Waals surface area contributed by atoms with Crippen LogP contribution in [0.2, 0.25) is 0 Å². The molecule has 0 bridgehead atoms. The van der Waals surface area contributed by atoms with Gasteiger partial charge in [0.25, 0.3) is 5.91 Å². The Morgan fingerprint density at radius 2 is 1.76 bits per heavy atom. The largest absolute Gasteiger partial charge is 0.444 e. The molecular formula is C25H34F2N6O7S. The van der Waals surface area contributed by atoms with Crippen LogP contribution in [0, 0.1) is 0 Å². The minimum Gasteiger partial charge on any atom is -0.444 e. The molecule has 2 aromatic rings. The minimum absolute atomic E-state index is 0.00320. The van der Waals surface area contributed by atoms with E-state index in [2.05, 4.69) is 10.4 Å². The molecule has 0 aliphatic carbocycles. The van der Waals surface area contributed by atoms with Crippen LogP contribution in [0.1, 0.15) is 50.4 Å². The van der Waals surface area contributed by atoms with Gasteiger partial charge in [0, 0.05) is 32.0 Å². The van der Waals surface area contributed by atoms with Crippen LogP contribution in [0.4, 0.5) is 25.1 Å². The van der Waals surface area contributed by atoms with E-state index in [0.29, 0.717) is 0 Å². The molecule has 3 N–H and O–H groups in total. The molecule has 2 heterocycles. The predicted molar refractivity (Wildman–Crippen MR) is 143 cm³/mol. The van der Waals surface area contributed by atoms with Crippen LogP contribution in [0.15, 0.2) is 35.4 Å². The summed E-state index contributed by atoms with van der Waals surface area (Å²) < 4.78 is 56.1. The zero-order valence-corrected chi connectivity index (χ0v) is 24.2. The third-order valence-electron chi connectivity index (χ3n) is 6.60. The molecule has 1 aliphatic rings. The highest BCUT2D eigenvalue weighted by Gasteiger charge is 2.42. The molecule has 0 unspecified atom stereocenters. The average molecular weight is 601 g/mol. The number of nitrogens with two attached hydrogens (primary N) is 1. The van der Waals surface area contributed by atoms with Crippen molar-refractivity contribution >= 4 is 39.3 Å². The molecule has 0 radical (unpaired) electrons. The molecule has 1 fully saturated rings. The van der Waals surface area contributed by atoms with Crippen molar-refractivity contribution in [3.05, 3.63) is 36.0 Å². The molecule has 0 saturated carbocycles. The number of primary amides is 1. The number of rotatable bonds is 9. The van der Waals surface area contributed by atoms with Crippen molar-refractivity contribution in [2.45, 2.75) is 61.8 Å². The number of halogens is 2. The second-order valence-electron chi connectivity index (χ2n) is 10.6. The number of hydrogen-bond acceptors (Lipinski definition) is 9. The lowest BCUT2D eigenvalue weighted by atomic mass is 9.84. The Morgan fingerprint density at radius 3 is 2.24 bits per heavy atom. The highest BCUT2D eigenvalue weighted by molar-refractivity contribution is 7.91. The first-order valence-electron chi connectivity index (χ1n) is 12.6. The topological polar surface area (TPSA) is 166 Å². The number of nitrogens with one attached hydrogen (secondary N) is 1. The third kappa shape index (κ3) is 7.30. The Morgan fingerprint density at radius 1 is 1.17 bits per heavy atom. The number of hydroxylamine groups is 2. The molecular weight excluding hydrogens is 566 g/mol. The summed E-state index contributed by atoms with van der Waals surface area (Å²) >= 11 is 0. The van der Waals surface area contributed by atoms with Crippen molar-refractivity contribution < 1.29 is 41.2 Å². The van der Waals surface area contributed by atoms with Crippen LogP contribution in [-0.2, 0) is 29.7 Å². The molecule has 16 heteroatoms. The van der Waals surface area contributed by atoms with Gasteiger partial charge >= 0.3 is 11.9 Å². The van der Waals surface area contributed by atoms with E-state index in [9.17, 15) is 31.6 Å². The van der Waals surface area contributed by atoms with Gasteiger partial charge < -0.3 is 20.7 Å². The lowest BCUT2D eigenvalue weighted by molar-refractivity contribution is -0.171. The Bertz CT molecular complexity index is 1380. The van der Waals surface area contributed by atoms with E-state index in [4.69, 9.17) is 15.3 Å². The second-order valence-corrected chi connectivity index (χ2v) is 12.5. The van der Waals surface area contributed by atoms with E-state index >= 15 is 0 Å². The first-order chi connectivity index (χ1) is 19.0. The zero-order valence-electron chi connectivity index (χ0n) is 23.4. The maximum atomic E-state index is 12.9. The Labute approximate surface area is 236 Å². The number of carbonyl (C=O) groups excluding carboxylic acids is 3. The molecule has 1 aromatic carbocycles. The van der Waals surface area contributed by atoms with Crippen molar-refractivity contribution in [1.29, 1.82) is 0 Å². The fraction of sp³-hybridized carbons (Fsp3) is 0.520. The quantitative estimate of drug-likeness (QED) is 0.412. The van der Waals surface area contributed by atoms with E-state index in [-0.39, 0.29) is 55.3 Å². The van der Waals surface area contributed by atoms with Crippen LogP contribution in [-0.4, -0.2) is 84.7 Å². The van der Waals surface area contributed by atoms with Gasteiger partial charge in [0.1, 0.15) is 11.2 Å². The fourth-order valence-electron chi connectivity index (χ4n) is 4.27. The summed E-state index contributed by atoms with van der Waals surface area (Å²) in [5, 5.41) is 8.43. The van der Waals surface area contributed by atoms with Crippen LogP contribution in [0.25, 0.3) is 0 Å². The number of ether oxygens (including phenoxy) is 1. The molecule has 1 aliphatic heterocycles. The number of hydrogen-bond donors (Lipinski definition) is 2. The maximum absolute atomic E-state index is 12.9. The van der Waals surface area contributed by atoms with Gasteiger partial charge in [-0.2, -0.15) is 13.9 Å². The Hall–Kier alpha value is -3.79. The van der Waals surface area contributed by atoms with Gasteiger partial charge in [0.15, 0.2) is 5.82 Å². The van der Waals surface area contributed by atoms with E-state index in [1.54, 1.807) is 20.8 Å². The Balaban J connectivity index is 1.95. The van der Waals surface area contributed by atoms with Crippen LogP contribution < -0.4 is 11.1 Å². The lowest BCUT2D eigenvalue weighted by Crippen LogP contribution is -2.51. The van der Waals surface area contributed by atoms with Crippen molar-refractivity contribution in [3.8, 4) is 0 Å². The standard InChI is InChI=1S/C25H34F2N6O7S/c1-24(2,3)40-23(36)32-12-10-25(11-13-32,14-19(34)31(4)39-5)33-15-18(20(28)35)21(30-33)29-16-6-8-17(9-7-16)41(37,38)22(26)27/h6-9,15,22H,10-14H2,1-5H3,(H2,28,35)(H,29,30). The second kappa shape index (κ2) is 12.0. The summed E-state index contributed by atoms with van der Waals surface area (Å²) in [5.74, 6) is -4.78. The molecule has 41 heavy (non-hydrogen) atoms. The lowest BCUT2D eigenvalue weighted by Gasteiger charge is -2.42. The summed E-state index contributed by atoms with van der Waals surface area (Å²) in [5.41, 5.74) is 4.14. The predicted octanol–water partition coefficient (Wildman–Crippen LogP) is 2.86. The van der Waals surface area contributed by atoms with E-state index in [0.717, 1.165) is 17.2 Å². The molecule has 226 valence electrons. The smallest absolute Gasteiger partial charge is 0.410 e. The summed E-state index contributed by atoms with van der Waals surface area (Å²) in [6.45, 7) is 5.73. The Kier molecular flexibility index (Phi) is 9.27. The van der Waals surface area contributed by atoms with Gasteiger partial charge in [-0.05, 0) is 57.9 Å². The number of benzene rings is 1. The van der Waals surface area contributed by atoms with Crippen LogP contribution in [0.3, 0.4) is 0 Å². The van der Waals surface area contributed by atoms with Crippen molar-refractivity contribution in [2.75, 3.05) is 32.6 Å². The highest BCUT2D eigenvalue weighted by Crippen LogP contribution is 2.36. The summed E-state index contributed by atoms with van der Waals surface area (Å²) in [7, 11) is -1.99. The van der Waals surface area contributed by atoms with Gasteiger partial charge in [-0.15, -0.1) is 0 Å². The van der Waals surface area contributed by atoms with E-state index < -0.39 is 43.6 Å². The summed E-state index contributed by atoms with van der Waals surface area (Å²) in [4.78, 5) is 43.9. The van der Waals surface area contributed by atoms with Crippen molar-refractivity contribution in [1.82, 2.24) is 19.7 Å². The number of amides is 3. The average Bonchev–Trinajstić information content (AvgIpc) is 3.32. The van der Waals surface area contributed by atoms with Crippen LogP contribution in [0.5, 0.6) is 0 Å². The highest BCUT2D eigenvalue weighted by atomic mass is 32.2. The number of carbonyl (C=O) groups is 3. The molecule has 1 aromatic heterocycles. The fourth-order valence-corrected chi connectivity index (χ4v) is 4.99. The zero-order chi connectivity index (χ0) is 30.8. The molecule has 0 spiro atoms. The first-order valence-corrected chi connectivity index (χ1v) is 14.1. The van der Waals surface area contributed by atoms with E-state index in [1.807, 2.05) is 0 Å². The normalized spacial score (nSPS) is 15.5. The summed E-state index contributed by atoms with van der Waals surface area (Å²) in [6, 6.07) is 4.48. The number of alkyl halides is 2. The molecule has 1 saturated heterocycles. The van der Waals surface area contributed by atoms with Crippen LogP contribution >= 0.6 is 0 Å². The maximum Gasteiger partial charge on any atom is 0.410 e. The minimum atomic E-state index is -4.79. The van der Waals surface area contributed by atoms with Crippen molar-refractivity contribution in [2.24, 2.45) is 5.73 Å². The number of likely N-dealkylation sites (tertiary alicyclic amines) is 1.